The Balaban J connectivity index is 3.35. The molecule has 0 aliphatic carbocycles. The number of hydrogen-bond donors (Lipinski definition) is 1. The van der Waals surface area contributed by atoms with Gasteiger partial charge in [0.05, 0.1) is 22.2 Å². The molecule has 1 nitrogen and oxygen atoms in total. The Kier molecular flexibility index (Phi) is 3.29. The van der Waals surface area contributed by atoms with Crippen LogP contribution in [0, 0.1) is 0 Å². The zero-order chi connectivity index (χ0) is 10.9. The Morgan fingerprint density at radius 1 is 1.14 bits per heavy atom. The molecule has 1 aromatic carbocycles. The number of hydrogen-bond acceptors (Lipinski definition) is 1. The van der Waals surface area contributed by atoms with Gasteiger partial charge in [0.25, 0.3) is 0 Å². The van der Waals surface area contributed by atoms with Gasteiger partial charge in [-0.1, -0.05) is 23.2 Å². The summed E-state index contributed by atoms with van der Waals surface area (Å²) < 4.78 is 37.0. The zero-order valence-electron chi connectivity index (χ0n) is 6.70. The van der Waals surface area contributed by atoms with Crippen molar-refractivity contribution in [3.63, 3.8) is 0 Å². The van der Waals surface area contributed by atoms with Crippen LogP contribution in [0.5, 0.6) is 0 Å². The van der Waals surface area contributed by atoms with Gasteiger partial charge in [0.15, 0.2) is 0 Å². The van der Waals surface area contributed by atoms with Crippen LogP contribution in [0.25, 0.3) is 0 Å². The van der Waals surface area contributed by atoms with Crippen molar-refractivity contribution in [1.82, 2.24) is 0 Å². The minimum atomic E-state index is -4.54. The lowest BCUT2D eigenvalue weighted by Gasteiger charge is -2.12. The third kappa shape index (κ3) is 2.32. The zero-order valence-corrected chi connectivity index (χ0v) is 8.21. The topological polar surface area (TPSA) is 20.2 Å². The predicted molar refractivity (Wildman–Crippen MR) is 47.4 cm³/mol. The first kappa shape index (κ1) is 11.6. The highest BCUT2D eigenvalue weighted by molar-refractivity contribution is 6.42. The molecule has 0 amide bonds. The van der Waals surface area contributed by atoms with Crippen molar-refractivity contribution >= 4 is 23.2 Å². The lowest BCUT2D eigenvalue weighted by atomic mass is 10.1. The predicted octanol–water partition coefficient (Wildman–Crippen LogP) is 3.50. The van der Waals surface area contributed by atoms with Gasteiger partial charge in [-0.15, -0.1) is 0 Å². The Morgan fingerprint density at radius 3 is 2.07 bits per heavy atom. The van der Waals surface area contributed by atoms with Crippen molar-refractivity contribution in [2.45, 2.75) is 12.8 Å². The molecule has 0 fully saturated rings. The van der Waals surface area contributed by atoms with Crippen molar-refractivity contribution in [1.29, 1.82) is 0 Å². The smallest absolute Gasteiger partial charge is 0.392 e. The summed E-state index contributed by atoms with van der Waals surface area (Å²) in [6, 6.07) is 1.71. The standard InChI is InChI=1S/C8H5Cl2F3O/c9-6-1-4(3-14)5(2-7(6)10)8(11,12)13/h1-2,14H,3H2. The first-order chi connectivity index (χ1) is 6.36. The molecule has 0 saturated heterocycles. The highest BCUT2D eigenvalue weighted by Crippen LogP contribution is 2.36. The lowest BCUT2D eigenvalue weighted by molar-refractivity contribution is -0.138. The van der Waals surface area contributed by atoms with E-state index in [0.717, 1.165) is 6.07 Å². The fourth-order valence-electron chi connectivity index (χ4n) is 0.983. The summed E-state index contributed by atoms with van der Waals surface area (Å²) in [5, 5.41) is 8.50. The van der Waals surface area contributed by atoms with Crippen LogP contribution >= 0.6 is 23.2 Å². The molecule has 0 aromatic heterocycles. The normalized spacial score (nSPS) is 11.9. The Hall–Kier alpha value is -0.450. The fourth-order valence-corrected chi connectivity index (χ4v) is 1.33. The summed E-state index contributed by atoms with van der Waals surface area (Å²) >= 11 is 10.9. The fraction of sp³-hybridized carbons (Fsp3) is 0.250. The summed E-state index contributed by atoms with van der Waals surface area (Å²) in [5.74, 6) is 0. The van der Waals surface area contributed by atoms with Crippen LogP contribution in [0.4, 0.5) is 13.2 Å². The lowest BCUT2D eigenvalue weighted by Crippen LogP contribution is -2.09. The van der Waals surface area contributed by atoms with Gasteiger partial charge >= 0.3 is 6.18 Å². The van der Waals surface area contributed by atoms with Crippen molar-refractivity contribution in [3.05, 3.63) is 33.3 Å². The van der Waals surface area contributed by atoms with Gasteiger partial charge in [0, 0.05) is 0 Å². The molecule has 0 saturated carbocycles. The van der Waals surface area contributed by atoms with E-state index in [1.165, 1.54) is 0 Å². The van der Waals surface area contributed by atoms with Gasteiger partial charge in [-0.3, -0.25) is 0 Å². The van der Waals surface area contributed by atoms with Gasteiger partial charge < -0.3 is 5.11 Å². The van der Waals surface area contributed by atoms with Crippen molar-refractivity contribution in [2.75, 3.05) is 0 Å². The SMILES string of the molecule is OCc1cc(Cl)c(Cl)cc1C(F)(F)F. The molecule has 0 bridgehead atoms. The molecule has 1 rings (SSSR count). The monoisotopic (exact) mass is 244 g/mol. The van der Waals surface area contributed by atoms with Crippen molar-refractivity contribution < 1.29 is 18.3 Å². The molecule has 0 aliphatic rings. The summed E-state index contributed by atoms with van der Waals surface area (Å²) in [7, 11) is 0. The minimum absolute atomic E-state index is 0.0104. The van der Waals surface area contributed by atoms with Crippen LogP contribution in [0.2, 0.25) is 10.0 Å². The van der Waals surface area contributed by atoms with E-state index in [1.54, 1.807) is 0 Å². The molecule has 0 spiro atoms. The molecule has 1 aromatic rings. The average Bonchev–Trinajstić information content (AvgIpc) is 2.07. The van der Waals surface area contributed by atoms with E-state index in [-0.39, 0.29) is 15.6 Å². The second-order valence-corrected chi connectivity index (χ2v) is 3.39. The number of aliphatic hydroxyl groups excluding tert-OH is 1. The van der Waals surface area contributed by atoms with Crippen molar-refractivity contribution in [2.24, 2.45) is 0 Å². The van der Waals surface area contributed by atoms with Crippen LogP contribution in [-0.2, 0) is 12.8 Å². The van der Waals surface area contributed by atoms with Crippen LogP contribution < -0.4 is 0 Å². The Bertz CT molecular complexity index is 349. The highest BCUT2D eigenvalue weighted by Gasteiger charge is 2.33. The van der Waals surface area contributed by atoms with E-state index in [4.69, 9.17) is 28.3 Å². The van der Waals surface area contributed by atoms with Crippen molar-refractivity contribution in [3.8, 4) is 0 Å². The second-order valence-electron chi connectivity index (χ2n) is 2.58. The largest absolute Gasteiger partial charge is 0.416 e. The number of alkyl halides is 3. The molecule has 0 radical (unpaired) electrons. The van der Waals surface area contributed by atoms with Gasteiger partial charge in [0.1, 0.15) is 0 Å². The molecule has 0 heterocycles. The van der Waals surface area contributed by atoms with E-state index < -0.39 is 18.3 Å². The van der Waals surface area contributed by atoms with Crippen LogP contribution in [0.15, 0.2) is 12.1 Å². The van der Waals surface area contributed by atoms with E-state index in [2.05, 4.69) is 0 Å². The highest BCUT2D eigenvalue weighted by atomic mass is 35.5. The third-order valence-electron chi connectivity index (χ3n) is 1.62. The maximum absolute atomic E-state index is 12.3. The average molecular weight is 245 g/mol. The van der Waals surface area contributed by atoms with Gasteiger partial charge in [-0.05, 0) is 17.7 Å². The van der Waals surface area contributed by atoms with E-state index >= 15 is 0 Å². The van der Waals surface area contributed by atoms with E-state index in [0.29, 0.717) is 6.07 Å². The Labute approximate surface area is 88.1 Å². The number of halogens is 5. The third-order valence-corrected chi connectivity index (χ3v) is 2.34. The first-order valence-electron chi connectivity index (χ1n) is 3.52. The molecular weight excluding hydrogens is 240 g/mol. The van der Waals surface area contributed by atoms with Gasteiger partial charge in [0.2, 0.25) is 0 Å². The number of benzene rings is 1. The second kappa shape index (κ2) is 3.96. The first-order valence-corrected chi connectivity index (χ1v) is 4.28. The quantitative estimate of drug-likeness (QED) is 0.802. The molecule has 0 atom stereocenters. The molecule has 14 heavy (non-hydrogen) atoms. The summed E-state index contributed by atoms with van der Waals surface area (Å²) in [6.07, 6.45) is -4.54. The number of aliphatic hydroxyl groups is 1. The molecule has 6 heteroatoms. The summed E-state index contributed by atoms with van der Waals surface area (Å²) in [5.41, 5.74) is -1.25. The van der Waals surface area contributed by atoms with Gasteiger partial charge in [-0.25, -0.2) is 0 Å². The van der Waals surface area contributed by atoms with Gasteiger partial charge in [-0.2, -0.15) is 13.2 Å². The van der Waals surface area contributed by atoms with Crippen LogP contribution in [0.3, 0.4) is 0 Å². The van der Waals surface area contributed by atoms with Crippen LogP contribution in [0.1, 0.15) is 11.1 Å². The molecule has 0 unspecified atom stereocenters. The maximum Gasteiger partial charge on any atom is 0.416 e. The number of rotatable bonds is 1. The molecular formula is C8H5Cl2F3O. The summed E-state index contributed by atoms with van der Waals surface area (Å²) in [4.78, 5) is 0. The molecule has 78 valence electrons. The minimum Gasteiger partial charge on any atom is -0.392 e. The summed E-state index contributed by atoms with van der Waals surface area (Å²) in [6.45, 7) is -0.730. The maximum atomic E-state index is 12.3. The van der Waals surface area contributed by atoms with Crippen LogP contribution in [-0.4, -0.2) is 5.11 Å². The van der Waals surface area contributed by atoms with E-state index in [9.17, 15) is 13.2 Å². The molecule has 0 aliphatic heterocycles. The Morgan fingerprint density at radius 2 is 1.64 bits per heavy atom. The molecule has 1 N–H and O–H groups in total. The van der Waals surface area contributed by atoms with E-state index in [1.807, 2.05) is 0 Å².